The molecule has 3 aromatic rings. The van der Waals surface area contributed by atoms with E-state index in [1.807, 2.05) is 0 Å². The quantitative estimate of drug-likeness (QED) is 0.377. The number of aromatic nitrogens is 2. The second-order valence-corrected chi connectivity index (χ2v) is 10.4. The molecule has 2 amide bonds. The fraction of sp³-hybridized carbons (Fsp3) is 0.269. The first-order valence-corrected chi connectivity index (χ1v) is 13.1. The standard InChI is InChI=1S/C26H27FN6O3S/c1-3-31(17-26(29)12-14-32(15-13-26)24(34)18-4-6-19(27)7-5-18)25(35)22-16-30-33(23(22)28)20-8-10-21(11-9-20)37(2)36/h1,4-11,16H,12-15,17,28-29H2,2H3. The Balaban J connectivity index is 1.43. The summed E-state index contributed by atoms with van der Waals surface area (Å²) in [5.74, 6) is -1.01. The number of halogens is 1. The Hall–Kier alpha value is -4.01. The average Bonchev–Trinajstić information content (AvgIpc) is 3.28. The highest BCUT2D eigenvalue weighted by Gasteiger charge is 2.36. The van der Waals surface area contributed by atoms with Gasteiger partial charge in [0.05, 0.1) is 18.4 Å². The topological polar surface area (TPSA) is 128 Å². The Morgan fingerprint density at radius 1 is 1.16 bits per heavy atom. The van der Waals surface area contributed by atoms with Gasteiger partial charge in [-0.3, -0.25) is 18.7 Å². The lowest BCUT2D eigenvalue weighted by atomic mass is 9.87. The van der Waals surface area contributed by atoms with Crippen molar-refractivity contribution in [3.8, 4) is 18.2 Å². The number of terminal acetylenes is 1. The number of likely N-dealkylation sites (tertiary alicyclic amines) is 1. The van der Waals surface area contributed by atoms with Crippen LogP contribution in [0.4, 0.5) is 10.2 Å². The van der Waals surface area contributed by atoms with Crippen LogP contribution in [0.15, 0.2) is 59.6 Å². The van der Waals surface area contributed by atoms with Gasteiger partial charge in [-0.2, -0.15) is 5.10 Å². The molecular formula is C26H27FN6O3S. The number of carbonyl (C=O) groups excluding carboxylic acids is 2. The third kappa shape index (κ3) is 5.55. The molecule has 192 valence electrons. The minimum absolute atomic E-state index is 0.0720. The van der Waals surface area contributed by atoms with E-state index in [4.69, 9.17) is 17.9 Å². The molecule has 1 unspecified atom stereocenters. The molecule has 1 atom stereocenters. The summed E-state index contributed by atoms with van der Waals surface area (Å²) in [7, 11) is -1.12. The normalized spacial score (nSPS) is 15.6. The van der Waals surface area contributed by atoms with Crippen LogP contribution >= 0.6 is 0 Å². The molecule has 1 saturated heterocycles. The lowest BCUT2D eigenvalue weighted by molar-refractivity contribution is 0.0621. The number of anilines is 1. The number of nitrogens with two attached hydrogens (primary N) is 2. The molecule has 0 bridgehead atoms. The highest BCUT2D eigenvalue weighted by atomic mass is 32.2. The van der Waals surface area contributed by atoms with Crippen LogP contribution in [0.1, 0.15) is 33.6 Å². The molecule has 4 rings (SSSR count). The molecule has 9 nitrogen and oxygen atoms in total. The van der Waals surface area contributed by atoms with E-state index in [1.54, 1.807) is 35.4 Å². The summed E-state index contributed by atoms with van der Waals surface area (Å²) in [6.45, 7) is 0.818. The minimum atomic E-state index is -1.12. The molecule has 1 aliphatic rings. The number of hydrogen-bond acceptors (Lipinski definition) is 6. The van der Waals surface area contributed by atoms with Gasteiger partial charge in [0.2, 0.25) is 0 Å². The van der Waals surface area contributed by atoms with Crippen molar-refractivity contribution < 1.29 is 18.2 Å². The first kappa shape index (κ1) is 26.1. The second kappa shape index (κ2) is 10.5. The number of nitrogen functional groups attached to an aromatic ring is 1. The molecule has 11 heteroatoms. The van der Waals surface area contributed by atoms with Gasteiger partial charge in [-0.25, -0.2) is 9.07 Å². The van der Waals surface area contributed by atoms with Crippen molar-refractivity contribution in [3.63, 3.8) is 0 Å². The van der Waals surface area contributed by atoms with Crippen LogP contribution in [0, 0.1) is 18.3 Å². The van der Waals surface area contributed by atoms with E-state index in [2.05, 4.69) is 11.1 Å². The maximum absolute atomic E-state index is 13.2. The van der Waals surface area contributed by atoms with Crippen LogP contribution < -0.4 is 11.5 Å². The molecule has 2 aromatic carbocycles. The second-order valence-electron chi connectivity index (χ2n) is 8.99. The van der Waals surface area contributed by atoms with Crippen molar-refractivity contribution in [2.24, 2.45) is 5.73 Å². The molecule has 0 aliphatic carbocycles. The van der Waals surface area contributed by atoms with Gasteiger partial charge < -0.3 is 16.4 Å². The number of carbonyl (C=O) groups is 2. The Labute approximate surface area is 216 Å². The van der Waals surface area contributed by atoms with Gasteiger partial charge in [0, 0.05) is 52.2 Å². The first-order valence-electron chi connectivity index (χ1n) is 11.5. The summed E-state index contributed by atoms with van der Waals surface area (Å²) in [4.78, 5) is 29.5. The van der Waals surface area contributed by atoms with Crippen molar-refractivity contribution in [2.45, 2.75) is 23.3 Å². The zero-order chi connectivity index (χ0) is 26.7. The molecule has 37 heavy (non-hydrogen) atoms. The molecule has 0 saturated carbocycles. The van der Waals surface area contributed by atoms with Gasteiger partial charge in [-0.1, -0.05) is 6.42 Å². The monoisotopic (exact) mass is 522 g/mol. The number of rotatable bonds is 6. The summed E-state index contributed by atoms with van der Waals surface area (Å²) in [5.41, 5.74) is 13.2. The van der Waals surface area contributed by atoms with Crippen LogP contribution in [0.2, 0.25) is 0 Å². The SMILES string of the molecule is C#CN(CC1(N)CCN(C(=O)c2ccc(F)cc2)CC1)C(=O)c1cnn(-c2ccc(S(C)=O)cc2)c1N. The largest absolute Gasteiger partial charge is 0.383 e. The number of hydrogen-bond donors (Lipinski definition) is 2. The third-order valence-corrected chi connectivity index (χ3v) is 7.40. The maximum Gasteiger partial charge on any atom is 0.270 e. The molecule has 4 N–H and O–H groups in total. The number of amides is 2. The highest BCUT2D eigenvalue weighted by Crippen LogP contribution is 2.25. The van der Waals surface area contributed by atoms with Gasteiger partial charge in [0.1, 0.15) is 17.2 Å². The number of nitrogens with zero attached hydrogens (tertiary/aromatic N) is 4. The van der Waals surface area contributed by atoms with Gasteiger partial charge in [-0.15, -0.1) is 0 Å². The molecule has 0 radical (unpaired) electrons. The lowest BCUT2D eigenvalue weighted by Crippen LogP contribution is -2.57. The van der Waals surface area contributed by atoms with E-state index in [0.29, 0.717) is 42.1 Å². The summed E-state index contributed by atoms with van der Waals surface area (Å²) < 4.78 is 26.2. The van der Waals surface area contributed by atoms with Crippen LogP contribution in [0.5, 0.6) is 0 Å². The Morgan fingerprint density at radius 3 is 2.35 bits per heavy atom. The van der Waals surface area contributed by atoms with Crippen molar-refractivity contribution in [3.05, 3.63) is 71.7 Å². The van der Waals surface area contributed by atoms with E-state index in [9.17, 15) is 18.2 Å². The highest BCUT2D eigenvalue weighted by molar-refractivity contribution is 7.84. The smallest absolute Gasteiger partial charge is 0.270 e. The van der Waals surface area contributed by atoms with E-state index >= 15 is 0 Å². The fourth-order valence-corrected chi connectivity index (χ4v) is 4.75. The predicted molar refractivity (Wildman–Crippen MR) is 139 cm³/mol. The molecule has 0 spiro atoms. The average molecular weight is 523 g/mol. The summed E-state index contributed by atoms with van der Waals surface area (Å²) in [6, 6.07) is 14.6. The van der Waals surface area contributed by atoms with Crippen LogP contribution in [0.25, 0.3) is 5.69 Å². The zero-order valence-corrected chi connectivity index (χ0v) is 21.1. The molecule has 1 aliphatic heterocycles. The Bertz CT molecular complexity index is 1370. The Morgan fingerprint density at radius 2 is 1.78 bits per heavy atom. The van der Waals surface area contributed by atoms with Crippen LogP contribution in [0.3, 0.4) is 0 Å². The van der Waals surface area contributed by atoms with Gasteiger partial charge >= 0.3 is 0 Å². The van der Waals surface area contributed by atoms with Crippen molar-refractivity contribution in [1.82, 2.24) is 19.6 Å². The van der Waals surface area contributed by atoms with E-state index < -0.39 is 28.1 Å². The van der Waals surface area contributed by atoms with E-state index in [-0.39, 0.29) is 23.8 Å². The predicted octanol–water partition coefficient (Wildman–Crippen LogP) is 2.00. The number of benzene rings is 2. The third-order valence-electron chi connectivity index (χ3n) is 6.46. The summed E-state index contributed by atoms with van der Waals surface area (Å²) >= 11 is 0. The first-order chi connectivity index (χ1) is 17.6. The summed E-state index contributed by atoms with van der Waals surface area (Å²) in [6.07, 6.45) is 9.45. The van der Waals surface area contributed by atoms with Gasteiger partial charge in [0.25, 0.3) is 11.8 Å². The fourth-order valence-electron chi connectivity index (χ4n) is 4.23. The molecule has 2 heterocycles. The van der Waals surface area contributed by atoms with Crippen molar-refractivity contribution >= 4 is 28.4 Å². The lowest BCUT2D eigenvalue weighted by Gasteiger charge is -2.40. The van der Waals surface area contributed by atoms with Crippen LogP contribution in [-0.4, -0.2) is 67.0 Å². The molecule has 1 aromatic heterocycles. The van der Waals surface area contributed by atoms with Crippen LogP contribution in [-0.2, 0) is 10.8 Å². The maximum atomic E-state index is 13.2. The zero-order valence-electron chi connectivity index (χ0n) is 20.3. The van der Waals surface area contributed by atoms with E-state index in [0.717, 1.165) is 0 Å². The molecular weight excluding hydrogens is 495 g/mol. The van der Waals surface area contributed by atoms with Gasteiger partial charge in [0.15, 0.2) is 0 Å². The van der Waals surface area contributed by atoms with Crippen molar-refractivity contribution in [2.75, 3.05) is 31.6 Å². The summed E-state index contributed by atoms with van der Waals surface area (Å²) in [5, 5.41) is 4.23. The van der Waals surface area contributed by atoms with E-state index in [1.165, 1.54) is 40.0 Å². The molecule has 1 fully saturated rings. The minimum Gasteiger partial charge on any atom is -0.383 e. The number of piperidine rings is 1. The Kier molecular flexibility index (Phi) is 7.42. The van der Waals surface area contributed by atoms with Gasteiger partial charge in [-0.05, 0) is 61.4 Å². The van der Waals surface area contributed by atoms with Crippen molar-refractivity contribution in [1.29, 1.82) is 0 Å².